The summed E-state index contributed by atoms with van der Waals surface area (Å²) in [5.41, 5.74) is 2.07. The number of hydrogen-bond acceptors (Lipinski definition) is 2. The van der Waals surface area contributed by atoms with Gasteiger partial charge in [0.1, 0.15) is 6.33 Å². The number of nitrogens with zero attached hydrogens (tertiary/aromatic N) is 2. The molecule has 0 fully saturated rings. The van der Waals surface area contributed by atoms with Gasteiger partial charge in [0.2, 0.25) is 0 Å². The minimum Gasteiger partial charge on any atom is -0.245 e. The molecular weight excluding hydrogens is 148 g/mol. The molecule has 12 heavy (non-hydrogen) atoms. The number of rotatable bonds is 0. The van der Waals surface area contributed by atoms with Crippen molar-refractivity contribution in [3.8, 4) is 0 Å². The van der Waals surface area contributed by atoms with Crippen LogP contribution in [0.4, 0.5) is 0 Å². The van der Waals surface area contributed by atoms with Gasteiger partial charge in [0.15, 0.2) is 0 Å². The van der Waals surface area contributed by atoms with Crippen molar-refractivity contribution in [2.75, 3.05) is 0 Å². The average molecular weight is 160 g/mol. The Balaban J connectivity index is 3.18. The van der Waals surface area contributed by atoms with Crippen molar-refractivity contribution in [3.63, 3.8) is 0 Å². The van der Waals surface area contributed by atoms with Gasteiger partial charge in [-0.25, -0.2) is 9.97 Å². The fourth-order valence-corrected chi connectivity index (χ4v) is 0.764. The molecule has 1 rings (SSSR count). The normalized spacial score (nSPS) is 8.83. The van der Waals surface area contributed by atoms with Crippen molar-refractivity contribution < 1.29 is 0 Å². The Bertz CT molecular complexity index is 247. The van der Waals surface area contributed by atoms with Crippen LogP contribution in [0.25, 0.3) is 0 Å². The topological polar surface area (TPSA) is 25.8 Å². The van der Waals surface area contributed by atoms with E-state index in [1.165, 1.54) is 0 Å². The molecule has 62 valence electrons. The van der Waals surface area contributed by atoms with Crippen LogP contribution < -0.4 is 0 Å². The third-order valence-corrected chi connectivity index (χ3v) is 1.41. The summed E-state index contributed by atoms with van der Waals surface area (Å²) in [6.07, 6.45) is 3.34. The second kappa shape index (κ2) is 4.44. The molecule has 0 unspecified atom stereocenters. The Labute approximate surface area is 72.6 Å². The summed E-state index contributed by atoms with van der Waals surface area (Å²) in [6, 6.07) is 7.90. The zero-order valence-electron chi connectivity index (χ0n) is 7.36. The van der Waals surface area contributed by atoms with Gasteiger partial charge in [-0.15, -0.1) is 0 Å². The molecule has 0 saturated carbocycles. The molecule has 0 aliphatic heterocycles. The minimum atomic E-state index is 0.955. The average Bonchev–Trinajstić information content (AvgIpc) is 2.06. The van der Waals surface area contributed by atoms with Crippen LogP contribution in [0.5, 0.6) is 0 Å². The maximum atomic E-state index is 4.08. The van der Waals surface area contributed by atoms with Crippen molar-refractivity contribution in [2.24, 2.45) is 0 Å². The Hall–Kier alpha value is -1.44. The first-order valence-corrected chi connectivity index (χ1v) is 3.86. The number of aromatic nitrogens is 2. The first-order chi connectivity index (χ1) is 5.79. The lowest BCUT2D eigenvalue weighted by Crippen LogP contribution is -1.74. The summed E-state index contributed by atoms with van der Waals surface area (Å²) in [5.74, 6) is 0. The fraction of sp³-hybridized carbons (Fsp3) is 0.200. The lowest BCUT2D eigenvalue weighted by atomic mass is 10.3. The summed E-state index contributed by atoms with van der Waals surface area (Å²) in [4.78, 5) is 8.08. The van der Waals surface area contributed by atoms with Crippen molar-refractivity contribution in [3.05, 3.63) is 48.0 Å². The summed E-state index contributed by atoms with van der Waals surface area (Å²) in [5, 5.41) is 0. The van der Waals surface area contributed by atoms with Crippen LogP contribution in [0.2, 0.25) is 0 Å². The third-order valence-electron chi connectivity index (χ3n) is 1.41. The molecule has 0 atom stereocenters. The largest absolute Gasteiger partial charge is 0.245 e. The van der Waals surface area contributed by atoms with Crippen LogP contribution in [0.15, 0.2) is 36.8 Å². The highest BCUT2D eigenvalue weighted by Crippen LogP contribution is 1.89. The minimum absolute atomic E-state index is 0.955. The molecule has 0 aliphatic carbocycles. The summed E-state index contributed by atoms with van der Waals surface area (Å²) >= 11 is 0. The molecule has 0 saturated heterocycles. The van der Waals surface area contributed by atoms with Gasteiger partial charge in [0.25, 0.3) is 0 Å². The highest BCUT2D eigenvalue weighted by Gasteiger charge is 1.75. The quantitative estimate of drug-likeness (QED) is 0.581. The van der Waals surface area contributed by atoms with E-state index >= 15 is 0 Å². The van der Waals surface area contributed by atoms with Crippen LogP contribution in [0, 0.1) is 13.8 Å². The van der Waals surface area contributed by atoms with E-state index < -0.39 is 0 Å². The molecule has 2 heteroatoms. The highest BCUT2D eigenvalue weighted by atomic mass is 14.8. The van der Waals surface area contributed by atoms with E-state index in [0.29, 0.717) is 0 Å². The van der Waals surface area contributed by atoms with Gasteiger partial charge >= 0.3 is 0 Å². The molecule has 0 amide bonds. The van der Waals surface area contributed by atoms with Gasteiger partial charge in [-0.3, -0.25) is 0 Å². The fourth-order valence-electron chi connectivity index (χ4n) is 0.764. The highest BCUT2D eigenvalue weighted by molar-refractivity contribution is 5.05. The third kappa shape index (κ3) is 3.10. The Kier molecular flexibility index (Phi) is 3.20. The predicted octanol–water partition coefficient (Wildman–Crippen LogP) is 2.22. The zero-order valence-corrected chi connectivity index (χ0v) is 7.36. The maximum Gasteiger partial charge on any atom is 0.115 e. The summed E-state index contributed by atoms with van der Waals surface area (Å²) in [6.45, 7) is 3.94. The molecular formula is C10H12N2. The Morgan fingerprint density at radius 2 is 1.83 bits per heavy atom. The maximum absolute atomic E-state index is 4.08. The van der Waals surface area contributed by atoms with Crippen LogP contribution in [-0.2, 0) is 0 Å². The Morgan fingerprint density at radius 3 is 2.67 bits per heavy atom. The lowest BCUT2D eigenvalue weighted by Gasteiger charge is -1.83. The standard InChI is InChI=1S/C10H12N2/c1-9-5-3-4-6-10(2)12-8-11-7-9/h3-8H,1-2H3. The lowest BCUT2D eigenvalue weighted by molar-refractivity contribution is 1.13. The van der Waals surface area contributed by atoms with Gasteiger partial charge in [-0.1, -0.05) is 18.2 Å². The van der Waals surface area contributed by atoms with E-state index in [9.17, 15) is 0 Å². The summed E-state index contributed by atoms with van der Waals surface area (Å²) < 4.78 is 0. The zero-order chi connectivity index (χ0) is 8.81. The smallest absolute Gasteiger partial charge is 0.115 e. The summed E-state index contributed by atoms with van der Waals surface area (Å²) in [7, 11) is 0. The first kappa shape index (κ1) is 8.65. The van der Waals surface area contributed by atoms with E-state index in [1.54, 1.807) is 12.5 Å². The molecule has 1 heterocycles. The van der Waals surface area contributed by atoms with Crippen molar-refractivity contribution in [1.82, 2.24) is 9.97 Å². The van der Waals surface area contributed by atoms with E-state index in [-0.39, 0.29) is 0 Å². The molecule has 1 aromatic rings. The second-order valence-corrected chi connectivity index (χ2v) is 2.63. The first-order valence-electron chi connectivity index (χ1n) is 3.86. The Morgan fingerprint density at radius 1 is 1.08 bits per heavy atom. The van der Waals surface area contributed by atoms with Crippen molar-refractivity contribution in [1.29, 1.82) is 0 Å². The van der Waals surface area contributed by atoms with E-state index in [1.807, 2.05) is 38.1 Å². The SMILES string of the molecule is Cc1ccccc(C)ncnc1. The molecule has 2 nitrogen and oxygen atoms in total. The van der Waals surface area contributed by atoms with Gasteiger partial charge in [0.05, 0.1) is 0 Å². The van der Waals surface area contributed by atoms with Gasteiger partial charge in [0, 0.05) is 11.9 Å². The van der Waals surface area contributed by atoms with Crippen LogP contribution in [-0.4, -0.2) is 9.97 Å². The van der Waals surface area contributed by atoms with E-state index in [2.05, 4.69) is 9.97 Å². The van der Waals surface area contributed by atoms with Crippen LogP contribution in [0.3, 0.4) is 0 Å². The molecule has 0 radical (unpaired) electrons. The van der Waals surface area contributed by atoms with Crippen molar-refractivity contribution in [2.45, 2.75) is 13.8 Å². The predicted molar refractivity (Wildman–Crippen MR) is 49.1 cm³/mol. The monoisotopic (exact) mass is 160 g/mol. The van der Waals surface area contributed by atoms with Gasteiger partial charge < -0.3 is 0 Å². The number of hydrogen-bond donors (Lipinski definition) is 0. The molecule has 0 aliphatic rings. The van der Waals surface area contributed by atoms with Crippen molar-refractivity contribution >= 4 is 0 Å². The molecule has 0 aromatic carbocycles. The van der Waals surface area contributed by atoms with Crippen LogP contribution >= 0.6 is 0 Å². The number of aryl methyl sites for hydroxylation is 2. The molecule has 0 bridgehead atoms. The van der Waals surface area contributed by atoms with Gasteiger partial charge in [-0.2, -0.15) is 0 Å². The van der Waals surface area contributed by atoms with E-state index in [0.717, 1.165) is 11.3 Å². The van der Waals surface area contributed by atoms with Gasteiger partial charge in [-0.05, 0) is 25.5 Å². The molecule has 0 spiro atoms. The molecule has 0 N–H and O–H groups in total. The molecule has 1 aromatic heterocycles. The van der Waals surface area contributed by atoms with E-state index in [4.69, 9.17) is 0 Å². The second-order valence-electron chi connectivity index (χ2n) is 2.63. The van der Waals surface area contributed by atoms with Crippen LogP contribution in [0.1, 0.15) is 11.3 Å².